The summed E-state index contributed by atoms with van der Waals surface area (Å²) in [4.78, 5) is 37.1. The number of rotatable bonds is 3. The Morgan fingerprint density at radius 3 is 2.48 bits per heavy atom. The summed E-state index contributed by atoms with van der Waals surface area (Å²) >= 11 is 0. The van der Waals surface area contributed by atoms with Crippen molar-refractivity contribution in [3.05, 3.63) is 59.7 Å². The summed E-state index contributed by atoms with van der Waals surface area (Å²) in [5, 5.41) is 0. The van der Waals surface area contributed by atoms with Crippen molar-refractivity contribution in [1.29, 1.82) is 0 Å². The first-order valence-corrected chi connectivity index (χ1v) is 8.54. The molecule has 3 heterocycles. The van der Waals surface area contributed by atoms with Gasteiger partial charge in [-0.1, -0.05) is 12.1 Å². The molecule has 0 radical (unpaired) electrons. The van der Waals surface area contributed by atoms with E-state index in [-0.39, 0.29) is 11.8 Å². The molecule has 0 aliphatic carbocycles. The molecule has 6 nitrogen and oxygen atoms in total. The van der Waals surface area contributed by atoms with Gasteiger partial charge in [0.1, 0.15) is 5.69 Å². The maximum atomic E-state index is 12.6. The maximum Gasteiger partial charge on any atom is 0.272 e. The van der Waals surface area contributed by atoms with Gasteiger partial charge < -0.3 is 9.80 Å². The molecule has 0 bridgehead atoms. The van der Waals surface area contributed by atoms with E-state index in [4.69, 9.17) is 0 Å². The second-order valence-corrected chi connectivity index (χ2v) is 6.19. The second kappa shape index (κ2) is 7.88. The van der Waals surface area contributed by atoms with E-state index in [1.165, 1.54) is 0 Å². The molecule has 1 saturated heterocycles. The van der Waals surface area contributed by atoms with E-state index in [9.17, 15) is 9.59 Å². The van der Waals surface area contributed by atoms with Crippen LogP contribution in [0.1, 0.15) is 28.2 Å². The topological polar surface area (TPSA) is 66.4 Å². The van der Waals surface area contributed by atoms with Gasteiger partial charge in [0.15, 0.2) is 0 Å². The molecule has 0 atom stereocenters. The quantitative estimate of drug-likeness (QED) is 0.854. The van der Waals surface area contributed by atoms with Crippen molar-refractivity contribution in [2.45, 2.75) is 19.8 Å². The maximum absolute atomic E-state index is 12.6. The summed E-state index contributed by atoms with van der Waals surface area (Å²) in [6.07, 6.45) is 4.41. The van der Waals surface area contributed by atoms with Crippen LogP contribution in [0.15, 0.2) is 42.7 Å². The molecule has 1 fully saturated rings. The number of hydrogen-bond acceptors (Lipinski definition) is 4. The van der Waals surface area contributed by atoms with Gasteiger partial charge in [0.2, 0.25) is 5.91 Å². The van der Waals surface area contributed by atoms with Crippen LogP contribution in [-0.2, 0) is 11.2 Å². The van der Waals surface area contributed by atoms with Crippen molar-refractivity contribution in [3.8, 4) is 0 Å². The van der Waals surface area contributed by atoms with E-state index in [1.54, 1.807) is 29.4 Å². The van der Waals surface area contributed by atoms with E-state index in [2.05, 4.69) is 9.97 Å². The highest BCUT2D eigenvalue weighted by molar-refractivity contribution is 5.92. The molecule has 0 N–H and O–H groups in total. The van der Waals surface area contributed by atoms with Crippen molar-refractivity contribution in [3.63, 3.8) is 0 Å². The molecule has 2 amide bonds. The van der Waals surface area contributed by atoms with Crippen LogP contribution in [0, 0.1) is 6.92 Å². The van der Waals surface area contributed by atoms with Crippen molar-refractivity contribution >= 4 is 11.8 Å². The zero-order valence-corrected chi connectivity index (χ0v) is 14.4. The second-order valence-electron chi connectivity index (χ2n) is 6.19. The fourth-order valence-electron chi connectivity index (χ4n) is 2.98. The fraction of sp³-hybridized carbons (Fsp3) is 0.368. The van der Waals surface area contributed by atoms with Gasteiger partial charge in [-0.25, -0.2) is 0 Å². The molecule has 130 valence electrons. The van der Waals surface area contributed by atoms with Crippen LogP contribution < -0.4 is 0 Å². The summed E-state index contributed by atoms with van der Waals surface area (Å²) in [6.45, 7) is 4.34. The highest BCUT2D eigenvalue weighted by atomic mass is 16.2. The number of nitrogens with zero attached hydrogens (tertiary/aromatic N) is 4. The largest absolute Gasteiger partial charge is 0.341 e. The lowest BCUT2D eigenvalue weighted by molar-refractivity contribution is -0.130. The summed E-state index contributed by atoms with van der Waals surface area (Å²) in [6, 6.07) is 9.16. The Kier molecular flexibility index (Phi) is 5.38. The molecule has 0 unspecified atom stereocenters. The normalized spacial score (nSPS) is 14.9. The van der Waals surface area contributed by atoms with Gasteiger partial charge in [-0.15, -0.1) is 0 Å². The van der Waals surface area contributed by atoms with Crippen LogP contribution in [0.5, 0.6) is 0 Å². The fourth-order valence-corrected chi connectivity index (χ4v) is 2.98. The smallest absolute Gasteiger partial charge is 0.272 e. The van der Waals surface area contributed by atoms with Crippen LogP contribution in [0.2, 0.25) is 0 Å². The third-order valence-electron chi connectivity index (χ3n) is 4.46. The molecule has 0 aromatic carbocycles. The zero-order chi connectivity index (χ0) is 17.6. The van der Waals surface area contributed by atoms with Crippen LogP contribution in [0.3, 0.4) is 0 Å². The first-order valence-electron chi connectivity index (χ1n) is 8.54. The minimum absolute atomic E-state index is 0.0638. The SMILES string of the molecule is Cc1cccnc1CC(=O)N1CCCN(C(=O)c2ccccn2)CC1. The van der Waals surface area contributed by atoms with Crippen molar-refractivity contribution in [1.82, 2.24) is 19.8 Å². The van der Waals surface area contributed by atoms with Crippen LogP contribution in [0.4, 0.5) is 0 Å². The Balaban J connectivity index is 1.60. The number of amides is 2. The molecule has 0 spiro atoms. The predicted molar refractivity (Wildman–Crippen MR) is 94.0 cm³/mol. The molecule has 25 heavy (non-hydrogen) atoms. The van der Waals surface area contributed by atoms with Crippen molar-refractivity contribution in [2.24, 2.45) is 0 Å². The third kappa shape index (κ3) is 4.21. The first kappa shape index (κ1) is 17.1. The Morgan fingerprint density at radius 2 is 1.72 bits per heavy atom. The Bertz CT molecular complexity index is 748. The number of hydrogen-bond donors (Lipinski definition) is 0. The Hall–Kier alpha value is -2.76. The lowest BCUT2D eigenvalue weighted by Gasteiger charge is -2.22. The molecular formula is C19H22N4O2. The summed E-state index contributed by atoms with van der Waals surface area (Å²) in [7, 11) is 0. The number of aromatic nitrogens is 2. The minimum Gasteiger partial charge on any atom is -0.341 e. The standard InChI is InChI=1S/C19H22N4O2/c1-15-6-4-9-21-17(15)14-18(24)22-10-5-11-23(13-12-22)19(25)16-7-2-3-8-20-16/h2-4,6-9H,5,10-14H2,1H3. The number of carbonyl (C=O) groups is 2. The molecule has 6 heteroatoms. The van der Waals surface area contributed by atoms with Gasteiger partial charge in [-0.3, -0.25) is 19.6 Å². The van der Waals surface area contributed by atoms with Crippen molar-refractivity contribution < 1.29 is 9.59 Å². The molecule has 2 aromatic heterocycles. The van der Waals surface area contributed by atoms with Gasteiger partial charge in [0.25, 0.3) is 5.91 Å². The van der Waals surface area contributed by atoms with Gasteiger partial charge in [-0.2, -0.15) is 0 Å². The molecule has 3 rings (SSSR count). The predicted octanol–water partition coefficient (Wildman–Crippen LogP) is 1.70. The van der Waals surface area contributed by atoms with Gasteiger partial charge in [0.05, 0.1) is 12.1 Å². The van der Waals surface area contributed by atoms with Crippen LogP contribution in [-0.4, -0.2) is 57.8 Å². The van der Waals surface area contributed by atoms with Crippen molar-refractivity contribution in [2.75, 3.05) is 26.2 Å². The summed E-state index contributed by atoms with van der Waals surface area (Å²) in [5.41, 5.74) is 2.29. The molecule has 2 aromatic rings. The Morgan fingerprint density at radius 1 is 0.960 bits per heavy atom. The number of aryl methyl sites for hydroxylation is 1. The highest BCUT2D eigenvalue weighted by Crippen LogP contribution is 2.11. The Labute approximate surface area is 147 Å². The van der Waals surface area contributed by atoms with E-state index in [0.717, 1.165) is 17.7 Å². The zero-order valence-electron chi connectivity index (χ0n) is 14.4. The van der Waals surface area contributed by atoms with E-state index < -0.39 is 0 Å². The van der Waals surface area contributed by atoms with E-state index in [0.29, 0.717) is 38.3 Å². The summed E-state index contributed by atoms with van der Waals surface area (Å²) in [5.74, 6) is -0.00981. The molecular weight excluding hydrogens is 316 g/mol. The molecule has 0 saturated carbocycles. The number of pyridine rings is 2. The first-order chi connectivity index (χ1) is 12.1. The third-order valence-corrected chi connectivity index (χ3v) is 4.46. The van der Waals surface area contributed by atoms with Crippen LogP contribution >= 0.6 is 0 Å². The summed E-state index contributed by atoms with van der Waals surface area (Å²) < 4.78 is 0. The van der Waals surface area contributed by atoms with Crippen LogP contribution in [0.25, 0.3) is 0 Å². The lowest BCUT2D eigenvalue weighted by Crippen LogP contribution is -2.38. The monoisotopic (exact) mass is 338 g/mol. The van der Waals surface area contributed by atoms with E-state index >= 15 is 0 Å². The van der Waals surface area contributed by atoms with Gasteiger partial charge in [0, 0.05) is 38.6 Å². The average Bonchev–Trinajstić information content (AvgIpc) is 2.90. The highest BCUT2D eigenvalue weighted by Gasteiger charge is 2.23. The van der Waals surface area contributed by atoms with Gasteiger partial charge in [-0.05, 0) is 37.1 Å². The minimum atomic E-state index is -0.0736. The molecule has 1 aliphatic rings. The van der Waals surface area contributed by atoms with Gasteiger partial charge >= 0.3 is 0 Å². The number of carbonyl (C=O) groups excluding carboxylic acids is 2. The average molecular weight is 338 g/mol. The lowest BCUT2D eigenvalue weighted by atomic mass is 10.1. The van der Waals surface area contributed by atoms with E-state index in [1.807, 2.05) is 30.0 Å². The molecule has 1 aliphatic heterocycles.